The van der Waals surface area contributed by atoms with E-state index in [1.165, 1.54) is 0 Å². The van der Waals surface area contributed by atoms with Crippen LogP contribution in [-0.4, -0.2) is 16.7 Å². The van der Waals surface area contributed by atoms with Crippen molar-refractivity contribution in [2.24, 2.45) is 7.05 Å². The monoisotopic (exact) mass is 379 g/mol. The molecule has 1 heterocycles. The van der Waals surface area contributed by atoms with Crippen molar-refractivity contribution in [3.63, 3.8) is 0 Å². The van der Waals surface area contributed by atoms with Crippen molar-refractivity contribution in [1.29, 1.82) is 0 Å². The molecule has 0 aliphatic carbocycles. The second-order valence-electron chi connectivity index (χ2n) is 5.03. The fraction of sp³-hybridized carbons (Fsp3) is 0.188. The summed E-state index contributed by atoms with van der Waals surface area (Å²) in [4.78, 5) is 4.64. The predicted octanol–water partition coefficient (Wildman–Crippen LogP) is 5.05. The van der Waals surface area contributed by atoms with E-state index < -0.39 is 0 Å². The smallest absolute Gasteiger partial charge is 0.208 e. The van der Waals surface area contributed by atoms with Gasteiger partial charge in [-0.05, 0) is 46.6 Å². The van der Waals surface area contributed by atoms with Gasteiger partial charge in [0.05, 0.1) is 23.8 Å². The Hall–Kier alpha value is -1.72. The number of benzene rings is 2. The first-order valence-corrected chi connectivity index (χ1v) is 7.90. The number of anilines is 2. The Kier molecular flexibility index (Phi) is 4.02. The summed E-state index contributed by atoms with van der Waals surface area (Å²) in [6.45, 7) is 1.98. The molecule has 0 fully saturated rings. The standard InChI is InChI=1S/C16H15BrClN3O/c1-9-7-10(18)8-13(22-3)14(9)20-16-19-12-6-4-5-11(17)15(12)21(16)2/h4-8H,1-3H3,(H,19,20). The number of ether oxygens (including phenoxy) is 1. The first-order chi connectivity index (χ1) is 10.5. The molecule has 4 nitrogen and oxygen atoms in total. The zero-order valence-electron chi connectivity index (χ0n) is 12.4. The number of halogens is 2. The molecular formula is C16H15BrClN3O. The average Bonchev–Trinajstić information content (AvgIpc) is 2.79. The van der Waals surface area contributed by atoms with Gasteiger partial charge in [0.15, 0.2) is 0 Å². The minimum absolute atomic E-state index is 0.646. The van der Waals surface area contributed by atoms with Crippen LogP contribution in [0.15, 0.2) is 34.8 Å². The van der Waals surface area contributed by atoms with Crippen molar-refractivity contribution in [3.05, 3.63) is 45.4 Å². The lowest BCUT2D eigenvalue weighted by atomic mass is 10.2. The zero-order valence-corrected chi connectivity index (χ0v) is 14.8. The second kappa shape index (κ2) is 5.82. The quantitative estimate of drug-likeness (QED) is 0.691. The maximum absolute atomic E-state index is 6.09. The molecule has 0 aliphatic heterocycles. The summed E-state index contributed by atoms with van der Waals surface area (Å²) in [6, 6.07) is 9.64. The number of imidazole rings is 1. The number of fused-ring (bicyclic) bond motifs is 1. The molecular weight excluding hydrogens is 366 g/mol. The molecule has 22 heavy (non-hydrogen) atoms. The number of para-hydroxylation sites is 1. The van der Waals surface area contributed by atoms with Gasteiger partial charge >= 0.3 is 0 Å². The molecule has 0 saturated carbocycles. The SMILES string of the molecule is COc1cc(Cl)cc(C)c1Nc1nc2cccc(Br)c2n1C. The van der Waals surface area contributed by atoms with Crippen molar-refractivity contribution >= 4 is 50.2 Å². The molecule has 114 valence electrons. The Morgan fingerprint density at radius 3 is 2.77 bits per heavy atom. The highest BCUT2D eigenvalue weighted by molar-refractivity contribution is 9.10. The van der Waals surface area contributed by atoms with Crippen LogP contribution < -0.4 is 10.1 Å². The van der Waals surface area contributed by atoms with Gasteiger partial charge in [-0.3, -0.25) is 0 Å². The molecule has 0 atom stereocenters. The van der Waals surface area contributed by atoms with Gasteiger partial charge in [0.25, 0.3) is 0 Å². The van der Waals surface area contributed by atoms with Crippen LogP contribution in [0.5, 0.6) is 5.75 Å². The number of nitrogens with zero attached hydrogens (tertiary/aromatic N) is 2. The third-order valence-electron chi connectivity index (χ3n) is 3.57. The maximum Gasteiger partial charge on any atom is 0.208 e. The fourth-order valence-electron chi connectivity index (χ4n) is 2.48. The van der Waals surface area contributed by atoms with Crippen LogP contribution in [0.1, 0.15) is 5.56 Å². The molecule has 0 radical (unpaired) electrons. The molecule has 0 unspecified atom stereocenters. The molecule has 0 bridgehead atoms. The molecule has 0 saturated heterocycles. The lowest BCUT2D eigenvalue weighted by molar-refractivity contribution is 0.416. The molecule has 0 spiro atoms. The van der Waals surface area contributed by atoms with E-state index in [0.29, 0.717) is 10.8 Å². The van der Waals surface area contributed by atoms with Crippen molar-refractivity contribution in [2.45, 2.75) is 6.92 Å². The molecule has 1 N–H and O–H groups in total. The summed E-state index contributed by atoms with van der Waals surface area (Å²) in [5.74, 6) is 1.43. The summed E-state index contributed by atoms with van der Waals surface area (Å²) in [7, 11) is 3.60. The zero-order chi connectivity index (χ0) is 15.9. The van der Waals surface area contributed by atoms with Crippen LogP contribution in [0.4, 0.5) is 11.6 Å². The highest BCUT2D eigenvalue weighted by Crippen LogP contribution is 2.35. The number of aromatic nitrogens is 2. The minimum Gasteiger partial charge on any atom is -0.495 e. The fourth-order valence-corrected chi connectivity index (χ4v) is 3.36. The summed E-state index contributed by atoms with van der Waals surface area (Å²) < 4.78 is 8.44. The Morgan fingerprint density at radius 2 is 2.09 bits per heavy atom. The van der Waals surface area contributed by atoms with Gasteiger partial charge in [-0.15, -0.1) is 0 Å². The molecule has 3 rings (SSSR count). The highest BCUT2D eigenvalue weighted by Gasteiger charge is 2.14. The van der Waals surface area contributed by atoms with Gasteiger partial charge in [-0.2, -0.15) is 0 Å². The molecule has 6 heteroatoms. The average molecular weight is 381 g/mol. The van der Waals surface area contributed by atoms with Crippen LogP contribution in [0, 0.1) is 6.92 Å². The van der Waals surface area contributed by atoms with Gasteiger partial charge in [0.2, 0.25) is 5.95 Å². The van der Waals surface area contributed by atoms with Gasteiger partial charge in [0, 0.05) is 22.6 Å². The molecule has 0 aliphatic rings. The van der Waals surface area contributed by atoms with Crippen LogP contribution >= 0.6 is 27.5 Å². The lowest BCUT2D eigenvalue weighted by Gasteiger charge is -2.14. The molecule has 0 amide bonds. The van der Waals surface area contributed by atoms with E-state index in [1.54, 1.807) is 13.2 Å². The number of methoxy groups -OCH3 is 1. The summed E-state index contributed by atoms with van der Waals surface area (Å²) in [5, 5.41) is 4.00. The van der Waals surface area contributed by atoms with E-state index in [9.17, 15) is 0 Å². The second-order valence-corrected chi connectivity index (χ2v) is 6.32. The highest BCUT2D eigenvalue weighted by atomic mass is 79.9. The first kappa shape index (κ1) is 15.2. The summed E-state index contributed by atoms with van der Waals surface area (Å²) >= 11 is 9.65. The van der Waals surface area contributed by atoms with E-state index in [0.717, 1.165) is 32.7 Å². The van der Waals surface area contributed by atoms with Crippen LogP contribution in [-0.2, 0) is 7.05 Å². The Bertz CT molecular complexity index is 860. The first-order valence-electron chi connectivity index (χ1n) is 6.73. The van der Waals surface area contributed by atoms with E-state index in [-0.39, 0.29) is 0 Å². The maximum atomic E-state index is 6.09. The van der Waals surface area contributed by atoms with Gasteiger partial charge in [0.1, 0.15) is 5.75 Å². The minimum atomic E-state index is 0.646. The number of hydrogen-bond acceptors (Lipinski definition) is 3. The van der Waals surface area contributed by atoms with Crippen LogP contribution in [0.25, 0.3) is 11.0 Å². The summed E-state index contributed by atoms with van der Waals surface area (Å²) in [6.07, 6.45) is 0. The van der Waals surface area contributed by atoms with Crippen molar-refractivity contribution in [3.8, 4) is 5.75 Å². The van der Waals surface area contributed by atoms with E-state index in [1.807, 2.05) is 42.8 Å². The molecule has 3 aromatic rings. The van der Waals surface area contributed by atoms with Gasteiger partial charge in [-0.25, -0.2) is 4.98 Å². The third kappa shape index (κ3) is 2.55. The third-order valence-corrected chi connectivity index (χ3v) is 4.42. The normalized spacial score (nSPS) is 11.0. The topological polar surface area (TPSA) is 39.1 Å². The lowest BCUT2D eigenvalue weighted by Crippen LogP contribution is -2.02. The van der Waals surface area contributed by atoms with Crippen LogP contribution in [0.2, 0.25) is 5.02 Å². The van der Waals surface area contributed by atoms with Gasteiger partial charge < -0.3 is 14.6 Å². The Labute approximate surface area is 142 Å². The van der Waals surface area contributed by atoms with E-state index in [4.69, 9.17) is 16.3 Å². The number of rotatable bonds is 3. The van der Waals surface area contributed by atoms with E-state index >= 15 is 0 Å². The van der Waals surface area contributed by atoms with Crippen molar-refractivity contribution < 1.29 is 4.74 Å². The van der Waals surface area contributed by atoms with Crippen molar-refractivity contribution in [2.75, 3.05) is 12.4 Å². The van der Waals surface area contributed by atoms with Gasteiger partial charge in [-0.1, -0.05) is 17.7 Å². The van der Waals surface area contributed by atoms with Crippen LogP contribution in [0.3, 0.4) is 0 Å². The largest absolute Gasteiger partial charge is 0.495 e. The Balaban J connectivity index is 2.11. The molecule has 2 aromatic carbocycles. The Morgan fingerprint density at radius 1 is 1.32 bits per heavy atom. The summed E-state index contributed by atoms with van der Waals surface area (Å²) in [5.41, 5.74) is 3.82. The number of hydrogen-bond donors (Lipinski definition) is 1. The van der Waals surface area contributed by atoms with Crippen molar-refractivity contribution in [1.82, 2.24) is 9.55 Å². The van der Waals surface area contributed by atoms with E-state index in [2.05, 4.69) is 26.2 Å². The number of nitrogens with one attached hydrogen (secondary N) is 1. The number of aryl methyl sites for hydroxylation is 2. The predicted molar refractivity (Wildman–Crippen MR) is 94.4 cm³/mol. The molecule has 1 aromatic heterocycles.